The molecule has 4 heterocycles. The van der Waals surface area contributed by atoms with E-state index in [0.717, 1.165) is 29.5 Å². The van der Waals surface area contributed by atoms with Gasteiger partial charge in [0.25, 0.3) is 0 Å². The molecule has 3 aromatic heterocycles. The van der Waals surface area contributed by atoms with E-state index >= 15 is 0 Å². The van der Waals surface area contributed by atoms with E-state index in [4.69, 9.17) is 0 Å². The molecule has 0 spiro atoms. The molecular weight excluding hydrogens is 359 g/mol. The first-order valence-corrected chi connectivity index (χ1v) is 9.14. The van der Waals surface area contributed by atoms with E-state index in [1.807, 2.05) is 12.3 Å². The highest BCUT2D eigenvalue weighted by Gasteiger charge is 2.31. The molecule has 2 atom stereocenters. The van der Waals surface area contributed by atoms with E-state index in [9.17, 15) is 18.3 Å². The molecule has 2 N–H and O–H groups in total. The van der Waals surface area contributed by atoms with Crippen LogP contribution in [0, 0.1) is 0 Å². The number of aliphatic hydroxyl groups is 1. The smallest absolute Gasteiger partial charge is 0.385 e. The lowest BCUT2D eigenvalue weighted by molar-refractivity contribution is -0.136. The summed E-state index contributed by atoms with van der Waals surface area (Å²) in [5.41, 5.74) is 2.38. The first-order chi connectivity index (χ1) is 12.8. The Hall–Kier alpha value is -2.13. The number of hydrogen-bond donors (Lipinski definition) is 2. The number of nitrogens with zero attached hydrogens (tertiary/aromatic N) is 4. The van der Waals surface area contributed by atoms with Crippen molar-refractivity contribution < 1.29 is 18.3 Å². The molecule has 1 unspecified atom stereocenters. The van der Waals surface area contributed by atoms with Crippen LogP contribution in [-0.4, -0.2) is 55.3 Å². The van der Waals surface area contributed by atoms with Crippen LogP contribution in [0.1, 0.15) is 44.2 Å². The molecule has 4 rings (SSSR count). The van der Waals surface area contributed by atoms with Gasteiger partial charge in [0.2, 0.25) is 0 Å². The van der Waals surface area contributed by atoms with Gasteiger partial charge in [-0.1, -0.05) is 0 Å². The van der Waals surface area contributed by atoms with Crippen LogP contribution < -0.4 is 0 Å². The standard InChI is InChI=1S/C18H22F3N5O/c1-11(27)17-24-14-9-23-16-13(3-6-22-16)15(14)26(17)12-4-8-25(10-12)7-2-5-18(19,20)21/h3,6,9,11-12,27H,2,4-5,7-8,10H2,1H3,(H,22,23)/t11?,12-/m0/s1. The molecule has 0 radical (unpaired) electrons. The Morgan fingerprint density at radius 3 is 2.96 bits per heavy atom. The fourth-order valence-corrected chi connectivity index (χ4v) is 4.00. The van der Waals surface area contributed by atoms with E-state index in [0.29, 0.717) is 24.4 Å². The van der Waals surface area contributed by atoms with Crippen molar-refractivity contribution in [3.63, 3.8) is 0 Å². The summed E-state index contributed by atoms with van der Waals surface area (Å²) >= 11 is 0. The van der Waals surface area contributed by atoms with Crippen LogP contribution in [0.2, 0.25) is 0 Å². The van der Waals surface area contributed by atoms with E-state index in [1.165, 1.54) is 0 Å². The summed E-state index contributed by atoms with van der Waals surface area (Å²) in [4.78, 5) is 14.1. The van der Waals surface area contributed by atoms with Gasteiger partial charge in [-0.2, -0.15) is 13.2 Å². The van der Waals surface area contributed by atoms with Crippen LogP contribution in [0.25, 0.3) is 22.1 Å². The van der Waals surface area contributed by atoms with Gasteiger partial charge in [-0.3, -0.25) is 0 Å². The second kappa shape index (κ2) is 6.79. The number of H-pyrrole nitrogens is 1. The molecule has 3 aromatic rings. The second-order valence-electron chi connectivity index (χ2n) is 7.21. The predicted octanol–water partition coefficient (Wildman–Crippen LogP) is 3.56. The minimum Gasteiger partial charge on any atom is -0.385 e. The Labute approximate surface area is 154 Å². The normalized spacial score (nSPS) is 20.1. The number of likely N-dealkylation sites (tertiary alicyclic amines) is 1. The third-order valence-electron chi connectivity index (χ3n) is 5.18. The lowest BCUT2D eigenvalue weighted by atomic mass is 10.2. The monoisotopic (exact) mass is 381 g/mol. The largest absolute Gasteiger partial charge is 0.389 e. The van der Waals surface area contributed by atoms with Crippen molar-refractivity contribution in [2.45, 2.75) is 44.5 Å². The molecule has 0 amide bonds. The van der Waals surface area contributed by atoms with Crippen LogP contribution in [0.4, 0.5) is 13.2 Å². The summed E-state index contributed by atoms with van der Waals surface area (Å²) in [5, 5.41) is 11.2. The van der Waals surface area contributed by atoms with Gasteiger partial charge in [-0.15, -0.1) is 0 Å². The van der Waals surface area contributed by atoms with Gasteiger partial charge in [0.05, 0.1) is 11.7 Å². The second-order valence-corrected chi connectivity index (χ2v) is 7.21. The number of halogens is 3. The lowest BCUT2D eigenvalue weighted by Gasteiger charge is -2.20. The molecule has 0 aliphatic carbocycles. The van der Waals surface area contributed by atoms with Crippen LogP contribution in [-0.2, 0) is 0 Å². The first kappa shape index (κ1) is 18.2. The topological polar surface area (TPSA) is 70.0 Å². The highest BCUT2D eigenvalue weighted by Crippen LogP contribution is 2.34. The van der Waals surface area contributed by atoms with Gasteiger partial charge in [0, 0.05) is 37.1 Å². The number of aromatic nitrogens is 4. The lowest BCUT2D eigenvalue weighted by Crippen LogP contribution is -2.24. The average molecular weight is 381 g/mol. The zero-order valence-electron chi connectivity index (χ0n) is 15.0. The summed E-state index contributed by atoms with van der Waals surface area (Å²) in [7, 11) is 0. The predicted molar refractivity (Wildman–Crippen MR) is 95.4 cm³/mol. The van der Waals surface area contributed by atoms with Gasteiger partial charge in [0.1, 0.15) is 23.1 Å². The molecule has 146 valence electrons. The molecule has 0 saturated carbocycles. The van der Waals surface area contributed by atoms with Crippen LogP contribution in [0.3, 0.4) is 0 Å². The first-order valence-electron chi connectivity index (χ1n) is 9.14. The van der Waals surface area contributed by atoms with E-state index in [1.54, 1.807) is 13.1 Å². The number of fused-ring (bicyclic) bond motifs is 3. The van der Waals surface area contributed by atoms with Crippen LogP contribution in [0.15, 0.2) is 18.5 Å². The molecule has 6 nitrogen and oxygen atoms in total. The van der Waals surface area contributed by atoms with Gasteiger partial charge in [-0.05, 0) is 32.4 Å². The Bertz CT molecular complexity index is 946. The molecular formula is C18H22F3N5O. The Morgan fingerprint density at radius 2 is 2.22 bits per heavy atom. The fraction of sp³-hybridized carbons (Fsp3) is 0.556. The fourth-order valence-electron chi connectivity index (χ4n) is 4.00. The molecule has 1 aliphatic heterocycles. The van der Waals surface area contributed by atoms with Gasteiger partial charge in [-0.25, -0.2) is 9.97 Å². The van der Waals surface area contributed by atoms with Crippen LogP contribution in [0.5, 0.6) is 0 Å². The third-order valence-corrected chi connectivity index (χ3v) is 5.18. The summed E-state index contributed by atoms with van der Waals surface area (Å²) < 4.78 is 39.2. The highest BCUT2D eigenvalue weighted by atomic mass is 19.4. The van der Waals surface area contributed by atoms with Crippen molar-refractivity contribution in [1.82, 2.24) is 24.4 Å². The molecule has 9 heteroatoms. The number of imidazole rings is 1. The number of nitrogens with one attached hydrogen (secondary N) is 1. The summed E-state index contributed by atoms with van der Waals surface area (Å²) in [6, 6.07) is 2.00. The number of hydrogen-bond acceptors (Lipinski definition) is 4. The zero-order valence-corrected chi connectivity index (χ0v) is 15.0. The molecule has 1 aliphatic rings. The third kappa shape index (κ3) is 3.53. The Balaban J connectivity index is 1.63. The minimum absolute atomic E-state index is 0.0611. The number of rotatable bonds is 5. The summed E-state index contributed by atoms with van der Waals surface area (Å²) in [5.74, 6) is 0.572. The summed E-state index contributed by atoms with van der Waals surface area (Å²) in [6.45, 7) is 3.49. The highest BCUT2D eigenvalue weighted by molar-refractivity contribution is 6.01. The molecule has 0 bridgehead atoms. The van der Waals surface area contributed by atoms with Crippen molar-refractivity contribution in [1.29, 1.82) is 0 Å². The Morgan fingerprint density at radius 1 is 1.41 bits per heavy atom. The van der Waals surface area contributed by atoms with E-state index in [-0.39, 0.29) is 12.5 Å². The average Bonchev–Trinajstić information content (AvgIpc) is 3.29. The maximum absolute atomic E-state index is 12.4. The van der Waals surface area contributed by atoms with Crippen molar-refractivity contribution in [2.24, 2.45) is 0 Å². The van der Waals surface area contributed by atoms with Crippen molar-refractivity contribution in [3.05, 3.63) is 24.3 Å². The van der Waals surface area contributed by atoms with Crippen molar-refractivity contribution in [2.75, 3.05) is 19.6 Å². The Kier molecular flexibility index (Phi) is 4.59. The van der Waals surface area contributed by atoms with Gasteiger partial charge >= 0.3 is 6.18 Å². The van der Waals surface area contributed by atoms with Gasteiger partial charge < -0.3 is 19.6 Å². The molecule has 1 saturated heterocycles. The molecule has 0 aromatic carbocycles. The number of aromatic amines is 1. The number of alkyl halides is 3. The van der Waals surface area contributed by atoms with Crippen molar-refractivity contribution in [3.8, 4) is 0 Å². The minimum atomic E-state index is -4.11. The molecule has 27 heavy (non-hydrogen) atoms. The van der Waals surface area contributed by atoms with E-state index < -0.39 is 18.7 Å². The van der Waals surface area contributed by atoms with Gasteiger partial charge in [0.15, 0.2) is 0 Å². The zero-order chi connectivity index (χ0) is 19.2. The van der Waals surface area contributed by atoms with E-state index in [2.05, 4.69) is 24.4 Å². The summed E-state index contributed by atoms with van der Waals surface area (Å²) in [6.07, 6.45) is -1.18. The maximum Gasteiger partial charge on any atom is 0.389 e. The number of aliphatic hydroxyl groups excluding tert-OH is 1. The number of pyridine rings is 1. The van der Waals surface area contributed by atoms with Crippen molar-refractivity contribution >= 4 is 22.1 Å². The SMILES string of the molecule is CC(O)c1nc2cnc3[nH]ccc3c2n1[C@H]1CCN(CCCC(F)(F)F)C1. The van der Waals surface area contributed by atoms with Crippen LogP contribution >= 0.6 is 0 Å². The molecule has 1 fully saturated rings. The quantitative estimate of drug-likeness (QED) is 0.709. The maximum atomic E-state index is 12.4.